The third-order valence-corrected chi connectivity index (χ3v) is 3.30. The molecule has 0 aliphatic carbocycles. The van der Waals surface area contributed by atoms with Crippen molar-refractivity contribution in [1.82, 2.24) is 0 Å². The van der Waals surface area contributed by atoms with Crippen LogP contribution in [-0.2, 0) is 6.61 Å². The summed E-state index contributed by atoms with van der Waals surface area (Å²) in [5, 5.41) is 9.80. The molecule has 0 atom stereocenters. The summed E-state index contributed by atoms with van der Waals surface area (Å²) in [6.07, 6.45) is 0. The number of para-hydroxylation sites is 1. The van der Waals surface area contributed by atoms with Crippen LogP contribution in [0.1, 0.15) is 11.1 Å². The Kier molecular flexibility index (Phi) is 4.73. The van der Waals surface area contributed by atoms with Crippen molar-refractivity contribution in [3.05, 3.63) is 57.6 Å². The van der Waals surface area contributed by atoms with Crippen molar-refractivity contribution in [3.8, 4) is 17.6 Å². The van der Waals surface area contributed by atoms with E-state index in [-0.39, 0.29) is 6.61 Å². The fraction of sp³-hybridized carbons (Fsp3) is 0.133. The lowest BCUT2D eigenvalue weighted by molar-refractivity contribution is 0.297. The summed E-state index contributed by atoms with van der Waals surface area (Å²) in [4.78, 5) is 0. The Labute approximate surface area is 127 Å². The first-order valence-electron chi connectivity index (χ1n) is 5.79. The van der Waals surface area contributed by atoms with E-state index in [4.69, 9.17) is 37.9 Å². The van der Waals surface area contributed by atoms with Gasteiger partial charge in [0.15, 0.2) is 5.75 Å². The highest BCUT2D eigenvalue weighted by Crippen LogP contribution is 2.33. The Morgan fingerprint density at radius 1 is 1.15 bits per heavy atom. The summed E-state index contributed by atoms with van der Waals surface area (Å²) in [7, 11) is 1.56. The van der Waals surface area contributed by atoms with E-state index in [0.717, 1.165) is 5.56 Å². The molecule has 0 spiro atoms. The maximum Gasteiger partial charge on any atom is 0.156 e. The van der Waals surface area contributed by atoms with Gasteiger partial charge in [-0.2, -0.15) is 5.26 Å². The van der Waals surface area contributed by atoms with E-state index in [0.29, 0.717) is 27.1 Å². The van der Waals surface area contributed by atoms with Gasteiger partial charge in [-0.3, -0.25) is 0 Å². The predicted octanol–water partition coefficient (Wildman–Crippen LogP) is 4.45. The van der Waals surface area contributed by atoms with Gasteiger partial charge >= 0.3 is 0 Å². The van der Waals surface area contributed by atoms with Crippen molar-refractivity contribution in [2.75, 3.05) is 7.11 Å². The molecule has 0 radical (unpaired) electrons. The number of halogens is 2. The van der Waals surface area contributed by atoms with Crippen LogP contribution in [0.15, 0.2) is 36.4 Å². The van der Waals surface area contributed by atoms with Gasteiger partial charge in [0.1, 0.15) is 12.4 Å². The van der Waals surface area contributed by atoms with Crippen LogP contribution in [0, 0.1) is 11.3 Å². The first kappa shape index (κ1) is 14.5. The van der Waals surface area contributed by atoms with Gasteiger partial charge in [-0.1, -0.05) is 29.3 Å². The predicted molar refractivity (Wildman–Crippen MR) is 78.5 cm³/mol. The van der Waals surface area contributed by atoms with Crippen LogP contribution in [0.2, 0.25) is 10.0 Å². The number of methoxy groups -OCH3 is 1. The molecule has 20 heavy (non-hydrogen) atoms. The topological polar surface area (TPSA) is 42.2 Å². The number of hydrogen-bond acceptors (Lipinski definition) is 3. The summed E-state index contributed by atoms with van der Waals surface area (Å²) in [5.41, 5.74) is 1.29. The van der Waals surface area contributed by atoms with E-state index < -0.39 is 0 Å². The molecule has 3 nitrogen and oxygen atoms in total. The van der Waals surface area contributed by atoms with E-state index in [1.165, 1.54) is 0 Å². The van der Waals surface area contributed by atoms with Crippen molar-refractivity contribution in [2.45, 2.75) is 6.61 Å². The largest absolute Gasteiger partial charge is 0.496 e. The van der Waals surface area contributed by atoms with Crippen LogP contribution in [0.25, 0.3) is 0 Å². The number of nitrogens with zero attached hydrogens (tertiary/aromatic N) is 1. The minimum Gasteiger partial charge on any atom is -0.496 e. The molecule has 5 heteroatoms. The lowest BCUT2D eigenvalue weighted by atomic mass is 10.1. The van der Waals surface area contributed by atoms with Gasteiger partial charge < -0.3 is 9.47 Å². The lowest BCUT2D eigenvalue weighted by Gasteiger charge is -2.12. The molecular formula is C15H11Cl2NO2. The molecule has 0 fully saturated rings. The average molecular weight is 308 g/mol. The normalized spacial score (nSPS) is 9.90. The smallest absolute Gasteiger partial charge is 0.156 e. The van der Waals surface area contributed by atoms with Crippen LogP contribution < -0.4 is 9.47 Å². The third kappa shape index (κ3) is 3.16. The molecule has 0 saturated heterocycles. The molecule has 2 aromatic rings. The van der Waals surface area contributed by atoms with Crippen LogP contribution in [0.3, 0.4) is 0 Å². The van der Waals surface area contributed by atoms with Crippen LogP contribution >= 0.6 is 23.2 Å². The monoisotopic (exact) mass is 307 g/mol. The van der Waals surface area contributed by atoms with Crippen molar-refractivity contribution in [3.63, 3.8) is 0 Å². The molecule has 0 N–H and O–H groups in total. The second-order valence-corrected chi connectivity index (χ2v) is 4.79. The zero-order valence-corrected chi connectivity index (χ0v) is 12.2. The Morgan fingerprint density at radius 3 is 2.45 bits per heavy atom. The number of rotatable bonds is 4. The fourth-order valence-electron chi connectivity index (χ4n) is 1.73. The van der Waals surface area contributed by atoms with Crippen LogP contribution in [0.5, 0.6) is 11.5 Å². The van der Waals surface area contributed by atoms with Crippen molar-refractivity contribution < 1.29 is 9.47 Å². The molecule has 0 saturated carbocycles. The number of benzene rings is 2. The van der Waals surface area contributed by atoms with E-state index in [9.17, 15) is 0 Å². The highest BCUT2D eigenvalue weighted by Gasteiger charge is 2.10. The minimum absolute atomic E-state index is 0.210. The SMILES string of the molecule is COc1ccc(C#N)cc1COc1c(Cl)cccc1Cl. The molecule has 0 unspecified atom stereocenters. The maximum absolute atomic E-state index is 8.93. The second-order valence-electron chi connectivity index (χ2n) is 3.98. The van der Waals surface area contributed by atoms with Crippen molar-refractivity contribution in [1.29, 1.82) is 5.26 Å². The molecule has 2 rings (SSSR count). The van der Waals surface area contributed by atoms with E-state index in [2.05, 4.69) is 6.07 Å². The second kappa shape index (κ2) is 6.51. The molecule has 0 amide bonds. The molecule has 102 valence electrons. The molecule has 0 heterocycles. The summed E-state index contributed by atoms with van der Waals surface area (Å²) in [6, 6.07) is 12.3. The van der Waals surface area contributed by atoms with Gasteiger partial charge in [-0.05, 0) is 30.3 Å². The van der Waals surface area contributed by atoms with Crippen molar-refractivity contribution in [2.24, 2.45) is 0 Å². The van der Waals surface area contributed by atoms with Gasteiger partial charge in [0, 0.05) is 5.56 Å². The molecule has 0 aliphatic heterocycles. The zero-order valence-electron chi connectivity index (χ0n) is 10.7. The fourth-order valence-corrected chi connectivity index (χ4v) is 2.24. The summed E-state index contributed by atoms with van der Waals surface area (Å²) in [6.45, 7) is 0.210. The van der Waals surface area contributed by atoms with Crippen molar-refractivity contribution >= 4 is 23.2 Å². The van der Waals surface area contributed by atoms with Crippen LogP contribution in [-0.4, -0.2) is 7.11 Å². The van der Waals surface area contributed by atoms with Gasteiger partial charge in [-0.15, -0.1) is 0 Å². The number of ether oxygens (including phenoxy) is 2. The maximum atomic E-state index is 8.93. The van der Waals surface area contributed by atoms with Gasteiger partial charge in [-0.25, -0.2) is 0 Å². The molecule has 0 aromatic heterocycles. The van der Waals surface area contributed by atoms with Gasteiger partial charge in [0.25, 0.3) is 0 Å². The molecule has 0 aliphatic rings. The minimum atomic E-state index is 0.210. The van der Waals surface area contributed by atoms with Crippen LogP contribution in [0.4, 0.5) is 0 Å². The third-order valence-electron chi connectivity index (χ3n) is 2.70. The Bertz CT molecular complexity index is 645. The first-order chi connectivity index (χ1) is 9.65. The zero-order chi connectivity index (χ0) is 14.5. The summed E-state index contributed by atoms with van der Waals surface area (Å²) in [5.74, 6) is 1.06. The summed E-state index contributed by atoms with van der Waals surface area (Å²) >= 11 is 12.1. The highest BCUT2D eigenvalue weighted by atomic mass is 35.5. The number of hydrogen-bond donors (Lipinski definition) is 0. The Morgan fingerprint density at radius 2 is 1.85 bits per heavy atom. The number of nitriles is 1. The lowest BCUT2D eigenvalue weighted by Crippen LogP contribution is -2.00. The van der Waals surface area contributed by atoms with E-state index >= 15 is 0 Å². The Balaban J connectivity index is 2.25. The quantitative estimate of drug-likeness (QED) is 0.838. The molecular weight excluding hydrogens is 297 g/mol. The van der Waals surface area contributed by atoms with E-state index in [1.807, 2.05) is 0 Å². The molecule has 2 aromatic carbocycles. The van der Waals surface area contributed by atoms with Gasteiger partial charge in [0.2, 0.25) is 0 Å². The first-order valence-corrected chi connectivity index (χ1v) is 6.55. The average Bonchev–Trinajstić information content (AvgIpc) is 2.46. The highest BCUT2D eigenvalue weighted by molar-refractivity contribution is 6.37. The van der Waals surface area contributed by atoms with Gasteiger partial charge in [0.05, 0.1) is 28.8 Å². The molecule has 0 bridgehead atoms. The standard InChI is InChI=1S/C15H11Cl2NO2/c1-19-14-6-5-10(8-18)7-11(14)9-20-15-12(16)3-2-4-13(15)17/h2-7H,9H2,1H3. The summed E-state index contributed by atoms with van der Waals surface area (Å²) < 4.78 is 10.9. The van der Waals surface area contributed by atoms with E-state index in [1.54, 1.807) is 43.5 Å². The Hall–Kier alpha value is -1.89.